The number of phenols is 1. The lowest BCUT2D eigenvalue weighted by Gasteiger charge is -2.22. The van der Waals surface area contributed by atoms with Crippen LogP contribution in [0.4, 0.5) is 0 Å². The number of aromatic hydroxyl groups is 1. The van der Waals surface area contributed by atoms with E-state index in [1.807, 2.05) is 0 Å². The van der Waals surface area contributed by atoms with Crippen molar-refractivity contribution in [1.29, 1.82) is 0 Å². The average molecular weight is 198 g/mol. The van der Waals surface area contributed by atoms with Crippen molar-refractivity contribution in [2.24, 2.45) is 5.73 Å². The van der Waals surface area contributed by atoms with Crippen LogP contribution in [0.3, 0.4) is 0 Å². The van der Waals surface area contributed by atoms with E-state index in [-0.39, 0.29) is 6.04 Å². The van der Waals surface area contributed by atoms with E-state index in [1.54, 1.807) is 12.1 Å². The predicted molar refractivity (Wildman–Crippen MR) is 53.1 cm³/mol. The molecule has 0 aromatic heterocycles. The van der Waals surface area contributed by atoms with Gasteiger partial charge in [-0.25, -0.2) is 0 Å². The first-order valence-corrected chi connectivity index (χ1v) is 4.81. The van der Waals surface area contributed by atoms with Gasteiger partial charge in [-0.2, -0.15) is 0 Å². The molecule has 1 aromatic carbocycles. The molecule has 0 saturated heterocycles. The normalized spacial score (nSPS) is 21.2. The van der Waals surface area contributed by atoms with Gasteiger partial charge in [-0.3, -0.25) is 0 Å². The van der Waals surface area contributed by atoms with E-state index in [9.17, 15) is 5.11 Å². The predicted octanol–water partition coefficient (Wildman–Crippen LogP) is 1.86. The van der Waals surface area contributed by atoms with Gasteiger partial charge in [-0.15, -0.1) is 0 Å². The van der Waals surface area contributed by atoms with Crippen LogP contribution in [0.15, 0.2) is 12.1 Å². The minimum atomic E-state index is 0.164. The Morgan fingerprint density at radius 1 is 1.38 bits per heavy atom. The first-order chi connectivity index (χ1) is 6.18. The summed E-state index contributed by atoms with van der Waals surface area (Å²) in [6.07, 6.45) is 2.57. The molecular weight excluding hydrogens is 186 g/mol. The first kappa shape index (κ1) is 8.85. The molecule has 0 heterocycles. The van der Waals surface area contributed by atoms with E-state index < -0.39 is 0 Å². The van der Waals surface area contributed by atoms with Crippen molar-refractivity contribution in [1.82, 2.24) is 0 Å². The van der Waals surface area contributed by atoms with E-state index in [0.29, 0.717) is 5.75 Å². The number of halogens is 1. The maximum absolute atomic E-state index is 9.58. The third-order valence-corrected chi connectivity index (χ3v) is 2.93. The highest BCUT2D eigenvalue weighted by Crippen LogP contribution is 2.33. The van der Waals surface area contributed by atoms with Crippen LogP contribution in [-0.2, 0) is 12.8 Å². The van der Waals surface area contributed by atoms with Gasteiger partial charge < -0.3 is 10.8 Å². The summed E-state index contributed by atoms with van der Waals surface area (Å²) in [7, 11) is 0. The zero-order valence-corrected chi connectivity index (χ0v) is 8.01. The van der Waals surface area contributed by atoms with E-state index in [2.05, 4.69) is 0 Å². The largest absolute Gasteiger partial charge is 0.508 e. The second kappa shape index (κ2) is 3.20. The second-order valence-electron chi connectivity index (χ2n) is 3.53. The van der Waals surface area contributed by atoms with Crippen molar-refractivity contribution >= 4 is 11.6 Å². The molecule has 2 rings (SSSR count). The number of fused-ring (bicyclic) bond motifs is 1. The van der Waals surface area contributed by atoms with E-state index in [1.165, 1.54) is 0 Å². The molecule has 0 fully saturated rings. The SMILES string of the molecule is NC1CCc2c(Cl)ccc(O)c2C1. The van der Waals surface area contributed by atoms with Gasteiger partial charge in [0.05, 0.1) is 0 Å². The molecule has 1 atom stereocenters. The lowest BCUT2D eigenvalue weighted by atomic mass is 9.88. The Morgan fingerprint density at radius 3 is 2.92 bits per heavy atom. The van der Waals surface area contributed by atoms with Gasteiger partial charge in [0.2, 0.25) is 0 Å². The quantitative estimate of drug-likeness (QED) is 0.667. The highest BCUT2D eigenvalue weighted by atomic mass is 35.5. The van der Waals surface area contributed by atoms with Crippen molar-refractivity contribution in [3.63, 3.8) is 0 Å². The molecule has 13 heavy (non-hydrogen) atoms. The van der Waals surface area contributed by atoms with Gasteiger partial charge in [-0.1, -0.05) is 11.6 Å². The standard InChI is InChI=1S/C10H12ClNO/c11-9-3-4-10(13)8-5-6(12)1-2-7(8)9/h3-4,6,13H,1-2,5,12H2. The lowest BCUT2D eigenvalue weighted by Crippen LogP contribution is -2.28. The zero-order chi connectivity index (χ0) is 9.42. The van der Waals surface area contributed by atoms with Crippen LogP contribution >= 0.6 is 11.6 Å². The molecule has 70 valence electrons. The van der Waals surface area contributed by atoms with Crippen molar-refractivity contribution in [2.75, 3.05) is 0 Å². The maximum atomic E-state index is 9.58. The molecule has 0 bridgehead atoms. The molecule has 0 amide bonds. The van der Waals surface area contributed by atoms with Gasteiger partial charge in [-0.05, 0) is 37.0 Å². The zero-order valence-electron chi connectivity index (χ0n) is 7.26. The van der Waals surface area contributed by atoms with Gasteiger partial charge in [0.15, 0.2) is 0 Å². The van der Waals surface area contributed by atoms with Crippen LogP contribution in [0, 0.1) is 0 Å². The summed E-state index contributed by atoms with van der Waals surface area (Å²) in [4.78, 5) is 0. The molecule has 3 N–H and O–H groups in total. The minimum Gasteiger partial charge on any atom is -0.508 e. The Balaban J connectivity index is 2.51. The third kappa shape index (κ3) is 1.52. The molecule has 0 aliphatic heterocycles. The van der Waals surface area contributed by atoms with Crippen molar-refractivity contribution in [2.45, 2.75) is 25.3 Å². The fourth-order valence-electron chi connectivity index (χ4n) is 1.84. The van der Waals surface area contributed by atoms with Crippen LogP contribution in [-0.4, -0.2) is 11.1 Å². The van der Waals surface area contributed by atoms with Gasteiger partial charge >= 0.3 is 0 Å². The van der Waals surface area contributed by atoms with Gasteiger partial charge in [0.25, 0.3) is 0 Å². The second-order valence-corrected chi connectivity index (χ2v) is 3.93. The summed E-state index contributed by atoms with van der Waals surface area (Å²) in [5.74, 6) is 0.328. The summed E-state index contributed by atoms with van der Waals surface area (Å²) < 4.78 is 0. The Kier molecular flexibility index (Phi) is 2.18. The molecule has 2 nitrogen and oxygen atoms in total. The topological polar surface area (TPSA) is 46.2 Å². The first-order valence-electron chi connectivity index (χ1n) is 4.43. The number of phenolic OH excluding ortho intramolecular Hbond substituents is 1. The Morgan fingerprint density at radius 2 is 2.15 bits per heavy atom. The van der Waals surface area contributed by atoms with Crippen molar-refractivity contribution < 1.29 is 5.11 Å². The smallest absolute Gasteiger partial charge is 0.119 e. The number of hydrogen-bond acceptors (Lipinski definition) is 2. The van der Waals surface area contributed by atoms with E-state index in [0.717, 1.165) is 35.4 Å². The molecule has 0 spiro atoms. The summed E-state index contributed by atoms with van der Waals surface area (Å²) in [5.41, 5.74) is 7.82. The van der Waals surface area contributed by atoms with Gasteiger partial charge in [0.1, 0.15) is 5.75 Å². The fourth-order valence-corrected chi connectivity index (χ4v) is 2.12. The number of benzene rings is 1. The minimum absolute atomic E-state index is 0.164. The summed E-state index contributed by atoms with van der Waals surface area (Å²) in [6.45, 7) is 0. The highest BCUT2D eigenvalue weighted by molar-refractivity contribution is 6.31. The van der Waals surface area contributed by atoms with E-state index >= 15 is 0 Å². The van der Waals surface area contributed by atoms with Crippen LogP contribution in [0.5, 0.6) is 5.75 Å². The Labute approximate surface area is 82.3 Å². The number of hydrogen-bond donors (Lipinski definition) is 2. The lowest BCUT2D eigenvalue weighted by molar-refractivity contribution is 0.455. The van der Waals surface area contributed by atoms with Crippen molar-refractivity contribution in [3.05, 3.63) is 28.3 Å². The molecule has 1 aliphatic rings. The maximum Gasteiger partial charge on any atom is 0.119 e. The molecule has 1 aromatic rings. The highest BCUT2D eigenvalue weighted by Gasteiger charge is 2.20. The van der Waals surface area contributed by atoms with Crippen LogP contribution in [0.2, 0.25) is 5.02 Å². The summed E-state index contributed by atoms with van der Waals surface area (Å²) >= 11 is 6.01. The van der Waals surface area contributed by atoms with Crippen LogP contribution in [0.1, 0.15) is 17.5 Å². The third-order valence-electron chi connectivity index (χ3n) is 2.58. The molecule has 1 unspecified atom stereocenters. The van der Waals surface area contributed by atoms with Crippen LogP contribution in [0.25, 0.3) is 0 Å². The fraction of sp³-hybridized carbons (Fsp3) is 0.400. The molecular formula is C10H12ClNO. The summed E-state index contributed by atoms with van der Waals surface area (Å²) in [5, 5.41) is 10.3. The molecule has 0 saturated carbocycles. The molecule has 0 radical (unpaired) electrons. The van der Waals surface area contributed by atoms with E-state index in [4.69, 9.17) is 17.3 Å². The molecule has 3 heteroatoms. The average Bonchev–Trinajstić information content (AvgIpc) is 2.12. The van der Waals surface area contributed by atoms with Gasteiger partial charge in [0, 0.05) is 16.6 Å². The molecule has 1 aliphatic carbocycles. The Hall–Kier alpha value is -0.730. The summed E-state index contributed by atoms with van der Waals surface area (Å²) in [6, 6.07) is 3.54. The Bertz CT molecular complexity index is 338. The monoisotopic (exact) mass is 197 g/mol. The number of nitrogens with two attached hydrogens (primary N) is 1. The van der Waals surface area contributed by atoms with Crippen LogP contribution < -0.4 is 5.73 Å². The number of rotatable bonds is 0. The van der Waals surface area contributed by atoms with Crippen molar-refractivity contribution in [3.8, 4) is 5.75 Å².